The summed E-state index contributed by atoms with van der Waals surface area (Å²) in [5.74, 6) is 1.30. The molecule has 0 aliphatic carbocycles. The van der Waals surface area contributed by atoms with Gasteiger partial charge < -0.3 is 24.6 Å². The molecule has 0 aromatic heterocycles. The Labute approximate surface area is 148 Å². The number of aliphatic carboxylic acids is 1. The summed E-state index contributed by atoms with van der Waals surface area (Å²) in [5, 5.41) is 11.3. The van der Waals surface area contributed by atoms with E-state index in [1.165, 1.54) is 42.9 Å². The predicted octanol–water partition coefficient (Wildman–Crippen LogP) is 2.30. The van der Waals surface area contributed by atoms with E-state index in [9.17, 15) is 9.59 Å². The van der Waals surface area contributed by atoms with Crippen LogP contribution in [-0.4, -0.2) is 56.4 Å². The average molecular weight is 375 g/mol. The van der Waals surface area contributed by atoms with Gasteiger partial charge in [0.15, 0.2) is 11.5 Å². The highest BCUT2D eigenvalue weighted by Crippen LogP contribution is 2.39. The van der Waals surface area contributed by atoms with Crippen molar-refractivity contribution < 1.29 is 28.9 Å². The molecule has 9 heteroatoms. The van der Waals surface area contributed by atoms with E-state index < -0.39 is 5.97 Å². The van der Waals surface area contributed by atoms with E-state index in [0.717, 1.165) is 0 Å². The van der Waals surface area contributed by atoms with Crippen molar-refractivity contribution in [3.05, 3.63) is 17.7 Å². The van der Waals surface area contributed by atoms with Crippen molar-refractivity contribution in [2.24, 2.45) is 0 Å². The summed E-state index contributed by atoms with van der Waals surface area (Å²) in [6, 6.07) is 3.26. The number of benzene rings is 1. The molecule has 0 atom stereocenters. The first-order chi connectivity index (χ1) is 11.5. The van der Waals surface area contributed by atoms with Crippen LogP contribution in [0.3, 0.4) is 0 Å². The van der Waals surface area contributed by atoms with Crippen molar-refractivity contribution in [3.8, 4) is 17.2 Å². The number of amides is 1. The van der Waals surface area contributed by atoms with Crippen LogP contribution < -0.4 is 19.5 Å². The van der Waals surface area contributed by atoms with Crippen molar-refractivity contribution in [2.75, 3.05) is 39.4 Å². The molecule has 2 N–H and O–H groups in total. The summed E-state index contributed by atoms with van der Waals surface area (Å²) in [6.07, 6.45) is 0.132. The molecule has 24 heavy (non-hydrogen) atoms. The lowest BCUT2D eigenvalue weighted by atomic mass is 10.1. The highest BCUT2D eigenvalue weighted by atomic mass is 33.1. The van der Waals surface area contributed by atoms with Crippen LogP contribution in [0.1, 0.15) is 16.8 Å². The van der Waals surface area contributed by atoms with Crippen LogP contribution in [0, 0.1) is 0 Å². The quantitative estimate of drug-likeness (QED) is 0.449. The SMILES string of the molecule is COc1ccc(C(=O)NCCSSCCC(=O)O)c(OC)c1OC. The van der Waals surface area contributed by atoms with Gasteiger partial charge in [-0.2, -0.15) is 0 Å². The standard InChI is InChI=1S/C15H21NO6S2/c1-20-11-5-4-10(13(21-2)14(11)22-3)15(19)16-7-9-24-23-8-6-12(17)18/h4-5H,6-9H2,1-3H3,(H,16,19)(H,17,18). The van der Waals surface area contributed by atoms with Crippen LogP contribution in [-0.2, 0) is 4.79 Å². The van der Waals surface area contributed by atoms with E-state index in [1.54, 1.807) is 12.1 Å². The van der Waals surface area contributed by atoms with Crippen molar-refractivity contribution in [2.45, 2.75) is 6.42 Å². The molecule has 1 rings (SSSR count). The maximum atomic E-state index is 12.3. The van der Waals surface area contributed by atoms with Crippen LogP contribution >= 0.6 is 21.6 Å². The van der Waals surface area contributed by atoms with Gasteiger partial charge in [-0.05, 0) is 12.1 Å². The van der Waals surface area contributed by atoms with Gasteiger partial charge in [-0.3, -0.25) is 9.59 Å². The first kappa shape index (κ1) is 20.3. The molecule has 0 aliphatic rings. The Bertz CT molecular complexity index is 567. The molecule has 134 valence electrons. The van der Waals surface area contributed by atoms with Gasteiger partial charge in [0.05, 0.1) is 33.3 Å². The maximum absolute atomic E-state index is 12.3. The van der Waals surface area contributed by atoms with E-state index in [0.29, 0.717) is 40.9 Å². The second-order valence-electron chi connectivity index (χ2n) is 4.43. The largest absolute Gasteiger partial charge is 0.493 e. The van der Waals surface area contributed by atoms with E-state index in [2.05, 4.69) is 5.32 Å². The van der Waals surface area contributed by atoms with Gasteiger partial charge in [-0.25, -0.2) is 0 Å². The Morgan fingerprint density at radius 3 is 2.29 bits per heavy atom. The van der Waals surface area contributed by atoms with Crippen molar-refractivity contribution in [1.82, 2.24) is 5.32 Å². The van der Waals surface area contributed by atoms with Gasteiger partial charge in [0.25, 0.3) is 5.91 Å². The molecule has 0 saturated carbocycles. The molecule has 1 aromatic rings. The molecule has 0 saturated heterocycles. The minimum absolute atomic E-state index is 0.132. The van der Waals surface area contributed by atoms with Crippen molar-refractivity contribution >= 4 is 33.5 Å². The number of carboxylic acid groups (broad SMARTS) is 1. The van der Waals surface area contributed by atoms with E-state index in [4.69, 9.17) is 19.3 Å². The Kier molecular flexibility index (Phi) is 9.24. The van der Waals surface area contributed by atoms with E-state index in [1.807, 2.05) is 0 Å². The first-order valence-corrected chi connectivity index (χ1v) is 9.57. The Balaban J connectivity index is 2.54. The lowest BCUT2D eigenvalue weighted by Gasteiger charge is -2.15. The number of hydrogen-bond acceptors (Lipinski definition) is 7. The summed E-state index contributed by atoms with van der Waals surface area (Å²) < 4.78 is 15.7. The summed E-state index contributed by atoms with van der Waals surface area (Å²) in [4.78, 5) is 22.7. The Hall–Kier alpha value is -1.74. The molecule has 0 fully saturated rings. The zero-order chi connectivity index (χ0) is 17.9. The zero-order valence-corrected chi connectivity index (χ0v) is 15.4. The third-order valence-corrected chi connectivity index (χ3v) is 5.31. The van der Waals surface area contributed by atoms with Crippen LogP contribution in [0.2, 0.25) is 0 Å². The Morgan fingerprint density at radius 2 is 1.71 bits per heavy atom. The second kappa shape index (κ2) is 10.9. The number of rotatable bonds is 11. The van der Waals surface area contributed by atoms with Crippen LogP contribution in [0.5, 0.6) is 17.2 Å². The van der Waals surface area contributed by atoms with Gasteiger partial charge >= 0.3 is 5.97 Å². The fraction of sp³-hybridized carbons (Fsp3) is 0.467. The molecule has 1 amide bonds. The third kappa shape index (κ3) is 6.04. The number of carbonyl (C=O) groups excluding carboxylic acids is 1. The molecule has 0 radical (unpaired) electrons. The normalized spacial score (nSPS) is 10.1. The number of carboxylic acids is 1. The van der Waals surface area contributed by atoms with E-state index in [-0.39, 0.29) is 12.3 Å². The second-order valence-corrected chi connectivity index (χ2v) is 7.13. The van der Waals surface area contributed by atoms with Gasteiger partial charge in [0.2, 0.25) is 5.75 Å². The molecule has 0 heterocycles. The van der Waals surface area contributed by atoms with Crippen molar-refractivity contribution in [1.29, 1.82) is 0 Å². The lowest BCUT2D eigenvalue weighted by Crippen LogP contribution is -2.26. The maximum Gasteiger partial charge on any atom is 0.304 e. The molecule has 0 aliphatic heterocycles. The zero-order valence-electron chi connectivity index (χ0n) is 13.8. The summed E-state index contributed by atoms with van der Waals surface area (Å²) >= 11 is 0. The summed E-state index contributed by atoms with van der Waals surface area (Å²) in [7, 11) is 7.44. The molecule has 0 spiro atoms. The van der Waals surface area contributed by atoms with Gasteiger partial charge in [-0.1, -0.05) is 21.6 Å². The third-order valence-electron chi connectivity index (χ3n) is 2.90. The number of methoxy groups -OCH3 is 3. The fourth-order valence-electron chi connectivity index (χ4n) is 1.83. The fourth-order valence-corrected chi connectivity index (χ4v) is 3.71. The Morgan fingerprint density at radius 1 is 1.04 bits per heavy atom. The lowest BCUT2D eigenvalue weighted by molar-refractivity contribution is -0.136. The van der Waals surface area contributed by atoms with Gasteiger partial charge in [0, 0.05) is 18.1 Å². The van der Waals surface area contributed by atoms with Crippen LogP contribution in [0.25, 0.3) is 0 Å². The first-order valence-electron chi connectivity index (χ1n) is 7.08. The van der Waals surface area contributed by atoms with Crippen LogP contribution in [0.15, 0.2) is 12.1 Å². The highest BCUT2D eigenvalue weighted by molar-refractivity contribution is 8.76. The molecule has 0 bridgehead atoms. The molecular formula is C15H21NO6S2. The topological polar surface area (TPSA) is 94.1 Å². The molecule has 7 nitrogen and oxygen atoms in total. The predicted molar refractivity (Wildman–Crippen MR) is 95.6 cm³/mol. The minimum Gasteiger partial charge on any atom is -0.493 e. The smallest absolute Gasteiger partial charge is 0.304 e. The molecule has 1 aromatic carbocycles. The highest BCUT2D eigenvalue weighted by Gasteiger charge is 2.20. The van der Waals surface area contributed by atoms with Gasteiger partial charge in [0.1, 0.15) is 0 Å². The monoisotopic (exact) mass is 375 g/mol. The summed E-state index contributed by atoms with van der Waals surface area (Å²) in [5.41, 5.74) is 0.360. The van der Waals surface area contributed by atoms with E-state index >= 15 is 0 Å². The number of carbonyl (C=O) groups is 2. The number of hydrogen-bond donors (Lipinski definition) is 2. The van der Waals surface area contributed by atoms with Crippen molar-refractivity contribution in [3.63, 3.8) is 0 Å². The minimum atomic E-state index is -0.808. The number of nitrogens with one attached hydrogen (secondary N) is 1. The number of ether oxygens (including phenoxy) is 3. The van der Waals surface area contributed by atoms with Gasteiger partial charge in [-0.15, -0.1) is 0 Å². The van der Waals surface area contributed by atoms with Crippen LogP contribution in [0.4, 0.5) is 0 Å². The summed E-state index contributed by atoms with van der Waals surface area (Å²) in [6.45, 7) is 0.459. The average Bonchev–Trinajstić information content (AvgIpc) is 2.58. The molecular weight excluding hydrogens is 354 g/mol. The molecule has 0 unspecified atom stereocenters.